The number of nitrogens with one attached hydrogen (secondary N) is 2. The summed E-state index contributed by atoms with van der Waals surface area (Å²) in [5.74, 6) is 1.65. The molecule has 124 valence electrons. The first-order chi connectivity index (χ1) is 10.8. The number of amides is 2. The Labute approximate surface area is 134 Å². The van der Waals surface area contributed by atoms with E-state index in [0.717, 1.165) is 0 Å². The van der Waals surface area contributed by atoms with Crippen molar-refractivity contribution in [3.63, 3.8) is 0 Å². The summed E-state index contributed by atoms with van der Waals surface area (Å²) < 4.78 is 10.7. The quantitative estimate of drug-likeness (QED) is 0.725. The van der Waals surface area contributed by atoms with Crippen molar-refractivity contribution >= 4 is 17.5 Å². The molecule has 2 rings (SSSR count). The monoisotopic (exact) mass is 319 g/mol. The Balaban J connectivity index is 2.07. The maximum absolute atomic E-state index is 12.1. The highest BCUT2D eigenvalue weighted by Crippen LogP contribution is 2.30. The van der Waals surface area contributed by atoms with Crippen LogP contribution in [0.1, 0.15) is 39.4 Å². The fourth-order valence-corrected chi connectivity index (χ4v) is 1.86. The molecule has 2 amide bonds. The smallest absolute Gasteiger partial charge is 0.325 e. The zero-order valence-electron chi connectivity index (χ0n) is 13.6. The SMILES string of the molecule is CC(C)Oc1cc(O)ccc1NC(=O)Nc1cc(C(C)C)on1. The number of carbonyl (C=O) groups is 1. The molecule has 0 radical (unpaired) electrons. The minimum Gasteiger partial charge on any atom is -0.508 e. The van der Waals surface area contributed by atoms with Gasteiger partial charge in [-0.15, -0.1) is 0 Å². The van der Waals surface area contributed by atoms with E-state index < -0.39 is 6.03 Å². The number of carbonyl (C=O) groups excluding carboxylic acids is 1. The second-order valence-electron chi connectivity index (χ2n) is 5.70. The van der Waals surface area contributed by atoms with Gasteiger partial charge in [-0.1, -0.05) is 19.0 Å². The molecule has 2 aromatic rings. The van der Waals surface area contributed by atoms with Crippen molar-refractivity contribution in [2.75, 3.05) is 10.6 Å². The van der Waals surface area contributed by atoms with E-state index in [2.05, 4.69) is 15.8 Å². The molecule has 0 aliphatic heterocycles. The summed E-state index contributed by atoms with van der Waals surface area (Å²) in [6, 6.07) is 5.67. The van der Waals surface area contributed by atoms with Crippen molar-refractivity contribution in [1.29, 1.82) is 0 Å². The van der Waals surface area contributed by atoms with Crippen LogP contribution in [-0.4, -0.2) is 22.4 Å². The number of phenolic OH excluding ortho intramolecular Hbond substituents is 1. The molecule has 0 bridgehead atoms. The number of urea groups is 1. The standard InChI is InChI=1S/C16H21N3O4/c1-9(2)13-8-15(19-23-13)18-16(21)17-12-6-5-11(20)7-14(12)22-10(3)4/h5-10,20H,1-4H3,(H2,17,18,19,21). The van der Waals surface area contributed by atoms with Gasteiger partial charge in [0.1, 0.15) is 17.3 Å². The topological polar surface area (TPSA) is 96.6 Å². The van der Waals surface area contributed by atoms with E-state index in [0.29, 0.717) is 23.0 Å². The predicted octanol–water partition coefficient (Wildman–Crippen LogP) is 3.93. The molecule has 1 heterocycles. The molecule has 0 saturated carbocycles. The Bertz CT molecular complexity index is 680. The molecule has 0 aliphatic carbocycles. The van der Waals surface area contributed by atoms with E-state index in [9.17, 15) is 9.90 Å². The van der Waals surface area contributed by atoms with Crippen LogP contribution in [-0.2, 0) is 0 Å². The van der Waals surface area contributed by atoms with Crippen LogP contribution < -0.4 is 15.4 Å². The lowest BCUT2D eigenvalue weighted by Crippen LogP contribution is -2.20. The molecular weight excluding hydrogens is 298 g/mol. The highest BCUT2D eigenvalue weighted by Gasteiger charge is 2.13. The predicted molar refractivity (Wildman–Crippen MR) is 87.1 cm³/mol. The van der Waals surface area contributed by atoms with Crippen LogP contribution in [0.15, 0.2) is 28.8 Å². The summed E-state index contributed by atoms with van der Waals surface area (Å²) in [4.78, 5) is 12.1. The Morgan fingerprint density at radius 2 is 1.96 bits per heavy atom. The summed E-state index contributed by atoms with van der Waals surface area (Å²) in [5.41, 5.74) is 0.446. The lowest BCUT2D eigenvalue weighted by atomic mass is 10.2. The fourth-order valence-electron chi connectivity index (χ4n) is 1.86. The molecule has 0 atom stereocenters. The number of aromatic hydroxyl groups is 1. The van der Waals surface area contributed by atoms with E-state index in [1.807, 2.05) is 27.7 Å². The average Bonchev–Trinajstić information content (AvgIpc) is 2.90. The number of rotatable bonds is 5. The third-order valence-corrected chi connectivity index (χ3v) is 2.92. The second-order valence-corrected chi connectivity index (χ2v) is 5.70. The molecule has 1 aromatic heterocycles. The van der Waals surface area contributed by atoms with Crippen LogP contribution in [0.4, 0.5) is 16.3 Å². The number of anilines is 2. The molecule has 0 saturated heterocycles. The van der Waals surface area contributed by atoms with E-state index in [-0.39, 0.29) is 17.8 Å². The number of nitrogens with zero attached hydrogens (tertiary/aromatic N) is 1. The highest BCUT2D eigenvalue weighted by atomic mass is 16.5. The molecule has 7 heteroatoms. The van der Waals surface area contributed by atoms with Gasteiger partial charge in [0.15, 0.2) is 5.82 Å². The first-order valence-electron chi connectivity index (χ1n) is 7.39. The van der Waals surface area contributed by atoms with Crippen molar-refractivity contribution < 1.29 is 19.2 Å². The van der Waals surface area contributed by atoms with Crippen molar-refractivity contribution in [2.24, 2.45) is 0 Å². The molecule has 0 unspecified atom stereocenters. The van der Waals surface area contributed by atoms with E-state index in [4.69, 9.17) is 9.26 Å². The fraction of sp³-hybridized carbons (Fsp3) is 0.375. The van der Waals surface area contributed by atoms with Gasteiger partial charge in [-0.3, -0.25) is 5.32 Å². The molecule has 3 N–H and O–H groups in total. The number of aromatic nitrogens is 1. The van der Waals surface area contributed by atoms with Crippen LogP contribution in [0.2, 0.25) is 0 Å². The highest BCUT2D eigenvalue weighted by molar-refractivity contribution is 6.00. The first-order valence-corrected chi connectivity index (χ1v) is 7.39. The normalized spacial score (nSPS) is 10.9. The van der Waals surface area contributed by atoms with Crippen LogP contribution in [0.3, 0.4) is 0 Å². The van der Waals surface area contributed by atoms with E-state index in [1.165, 1.54) is 12.1 Å². The largest absolute Gasteiger partial charge is 0.508 e. The molecule has 0 fully saturated rings. The van der Waals surface area contributed by atoms with Crippen molar-refractivity contribution in [1.82, 2.24) is 5.16 Å². The number of benzene rings is 1. The maximum Gasteiger partial charge on any atom is 0.325 e. The third kappa shape index (κ3) is 4.64. The number of ether oxygens (including phenoxy) is 1. The Morgan fingerprint density at radius 1 is 1.22 bits per heavy atom. The van der Waals surface area contributed by atoms with Crippen LogP contribution in [0.25, 0.3) is 0 Å². The first kappa shape index (κ1) is 16.7. The Hall–Kier alpha value is -2.70. The molecule has 23 heavy (non-hydrogen) atoms. The van der Waals surface area contributed by atoms with Crippen molar-refractivity contribution in [3.8, 4) is 11.5 Å². The molecular formula is C16H21N3O4. The summed E-state index contributed by atoms with van der Waals surface area (Å²) in [6.07, 6.45) is -0.0930. The van der Waals surface area contributed by atoms with Crippen molar-refractivity contribution in [2.45, 2.75) is 39.7 Å². The summed E-state index contributed by atoms with van der Waals surface area (Å²) in [5, 5.41) is 18.6. The summed E-state index contributed by atoms with van der Waals surface area (Å²) in [6.45, 7) is 7.65. The van der Waals surface area contributed by atoms with Gasteiger partial charge in [0.05, 0.1) is 11.8 Å². The molecule has 0 aliphatic rings. The van der Waals surface area contributed by atoms with E-state index in [1.54, 1.807) is 12.1 Å². The lowest BCUT2D eigenvalue weighted by Gasteiger charge is -2.15. The zero-order valence-corrected chi connectivity index (χ0v) is 13.6. The lowest BCUT2D eigenvalue weighted by molar-refractivity contribution is 0.242. The number of hydrogen-bond donors (Lipinski definition) is 3. The van der Waals surface area contributed by atoms with Gasteiger partial charge in [0, 0.05) is 18.1 Å². The van der Waals surface area contributed by atoms with Gasteiger partial charge < -0.3 is 19.7 Å². The Kier molecular flexibility index (Phi) is 5.10. The van der Waals surface area contributed by atoms with Gasteiger partial charge >= 0.3 is 6.03 Å². The molecule has 0 spiro atoms. The van der Waals surface area contributed by atoms with Gasteiger partial charge in [0.25, 0.3) is 0 Å². The van der Waals surface area contributed by atoms with E-state index >= 15 is 0 Å². The van der Waals surface area contributed by atoms with Gasteiger partial charge in [-0.2, -0.15) is 0 Å². The minimum atomic E-state index is -0.479. The average molecular weight is 319 g/mol. The Morgan fingerprint density at radius 3 is 2.57 bits per heavy atom. The van der Waals surface area contributed by atoms with Crippen LogP contribution in [0.5, 0.6) is 11.5 Å². The van der Waals surface area contributed by atoms with Crippen molar-refractivity contribution in [3.05, 3.63) is 30.0 Å². The van der Waals surface area contributed by atoms with Crippen LogP contribution in [0, 0.1) is 0 Å². The summed E-state index contributed by atoms with van der Waals surface area (Å²) >= 11 is 0. The number of phenols is 1. The third-order valence-electron chi connectivity index (χ3n) is 2.92. The molecule has 1 aromatic carbocycles. The van der Waals surface area contributed by atoms with Gasteiger partial charge in [-0.05, 0) is 26.0 Å². The molecule has 7 nitrogen and oxygen atoms in total. The van der Waals surface area contributed by atoms with Gasteiger partial charge in [0.2, 0.25) is 0 Å². The minimum absolute atomic E-state index is 0.0599. The zero-order chi connectivity index (χ0) is 17.0. The maximum atomic E-state index is 12.1. The van der Waals surface area contributed by atoms with Gasteiger partial charge in [-0.25, -0.2) is 4.79 Å². The number of hydrogen-bond acceptors (Lipinski definition) is 5. The second kappa shape index (κ2) is 7.04. The summed E-state index contributed by atoms with van der Waals surface area (Å²) in [7, 11) is 0. The van der Waals surface area contributed by atoms with Crippen LogP contribution >= 0.6 is 0 Å².